The quantitative estimate of drug-likeness (QED) is 0.686. The lowest BCUT2D eigenvalue weighted by Gasteiger charge is -2.32. The molecule has 1 aromatic heterocycles. The summed E-state index contributed by atoms with van der Waals surface area (Å²) in [6.45, 7) is 6.19. The third kappa shape index (κ3) is 4.76. The zero-order valence-electron chi connectivity index (χ0n) is 18.3. The summed E-state index contributed by atoms with van der Waals surface area (Å²) >= 11 is 5.59. The van der Waals surface area contributed by atoms with Crippen molar-refractivity contribution in [1.29, 1.82) is 0 Å². The molecule has 1 saturated carbocycles. The summed E-state index contributed by atoms with van der Waals surface area (Å²) in [5.41, 5.74) is 2.75. The summed E-state index contributed by atoms with van der Waals surface area (Å²) in [4.78, 5) is 14.5. The number of thiocarbonyl (C=S) groups is 1. The average molecular weight is 437 g/mol. The monoisotopic (exact) mass is 436 g/mol. The summed E-state index contributed by atoms with van der Waals surface area (Å²) in [6.07, 6.45) is 7.34. The molecule has 0 radical (unpaired) electrons. The van der Waals surface area contributed by atoms with Gasteiger partial charge >= 0.3 is 0 Å². The van der Waals surface area contributed by atoms with Crippen molar-refractivity contribution in [3.8, 4) is 0 Å². The molecule has 3 aliphatic rings. The van der Waals surface area contributed by atoms with Gasteiger partial charge in [0, 0.05) is 38.3 Å². The standard InChI is InChI=1S/C24H32N6S/c1-17-10-12-29(13-11-17)21-14-22(30-15-18-6-2-3-7-19(18)16-30)27-23(26-21)28-24(31)25-20-8-4-5-9-20/h2-3,6-7,14,17,20H,4-5,8-13,15-16H2,1H3,(H2,25,26,27,28,31). The van der Waals surface area contributed by atoms with Crippen molar-refractivity contribution in [2.24, 2.45) is 5.92 Å². The Morgan fingerprint density at radius 2 is 1.55 bits per heavy atom. The fourth-order valence-corrected chi connectivity index (χ4v) is 5.19. The molecule has 2 fully saturated rings. The lowest BCUT2D eigenvalue weighted by Crippen LogP contribution is -2.37. The van der Waals surface area contributed by atoms with Gasteiger partial charge in [0.15, 0.2) is 5.11 Å². The second-order valence-electron chi connectivity index (χ2n) is 9.28. The molecule has 5 rings (SSSR count). The predicted octanol–water partition coefficient (Wildman–Crippen LogP) is 4.46. The van der Waals surface area contributed by atoms with E-state index in [9.17, 15) is 0 Å². The number of piperidine rings is 1. The number of nitrogens with zero attached hydrogens (tertiary/aromatic N) is 4. The molecule has 0 unspecified atom stereocenters. The number of anilines is 3. The Balaban J connectivity index is 1.38. The van der Waals surface area contributed by atoms with E-state index in [1.165, 1.54) is 49.7 Å². The first kappa shape index (κ1) is 20.5. The van der Waals surface area contributed by atoms with E-state index in [4.69, 9.17) is 22.2 Å². The van der Waals surface area contributed by atoms with Crippen LogP contribution < -0.4 is 20.4 Å². The molecule has 1 aliphatic carbocycles. The second kappa shape index (κ2) is 8.99. The summed E-state index contributed by atoms with van der Waals surface area (Å²) in [5.74, 6) is 3.34. The fraction of sp³-hybridized carbons (Fsp3) is 0.542. The van der Waals surface area contributed by atoms with Crippen LogP contribution in [0.4, 0.5) is 17.6 Å². The van der Waals surface area contributed by atoms with Gasteiger partial charge in [-0.1, -0.05) is 44.0 Å². The topological polar surface area (TPSA) is 56.3 Å². The molecule has 2 aliphatic heterocycles. The lowest BCUT2D eigenvalue weighted by atomic mass is 9.99. The van der Waals surface area contributed by atoms with Crippen molar-refractivity contribution in [3.05, 3.63) is 41.5 Å². The van der Waals surface area contributed by atoms with Crippen molar-refractivity contribution in [3.63, 3.8) is 0 Å². The highest BCUT2D eigenvalue weighted by Gasteiger charge is 2.24. The summed E-state index contributed by atoms with van der Waals surface area (Å²) < 4.78 is 0. The molecule has 2 aromatic rings. The number of benzene rings is 1. The number of nitrogens with one attached hydrogen (secondary N) is 2. The van der Waals surface area contributed by atoms with Crippen LogP contribution in [0.3, 0.4) is 0 Å². The smallest absolute Gasteiger partial charge is 0.232 e. The Morgan fingerprint density at radius 3 is 2.19 bits per heavy atom. The largest absolute Gasteiger partial charge is 0.360 e. The molecule has 0 bridgehead atoms. The maximum Gasteiger partial charge on any atom is 0.232 e. The van der Waals surface area contributed by atoms with Crippen molar-refractivity contribution in [2.75, 3.05) is 28.2 Å². The fourth-order valence-electron chi connectivity index (χ4n) is 4.93. The van der Waals surface area contributed by atoms with Gasteiger partial charge in [-0.3, -0.25) is 0 Å². The molecule has 0 amide bonds. The molecule has 7 heteroatoms. The van der Waals surface area contributed by atoms with Crippen LogP contribution >= 0.6 is 12.2 Å². The van der Waals surface area contributed by atoms with Gasteiger partial charge in [0.05, 0.1) is 0 Å². The summed E-state index contributed by atoms with van der Waals surface area (Å²) in [5, 5.41) is 7.37. The molecule has 1 saturated heterocycles. The van der Waals surface area contributed by atoms with Gasteiger partial charge in [0.2, 0.25) is 5.95 Å². The van der Waals surface area contributed by atoms with Crippen LogP contribution in [0, 0.1) is 5.92 Å². The maximum absolute atomic E-state index is 5.59. The second-order valence-corrected chi connectivity index (χ2v) is 9.69. The predicted molar refractivity (Wildman–Crippen MR) is 131 cm³/mol. The molecular weight excluding hydrogens is 404 g/mol. The zero-order valence-corrected chi connectivity index (χ0v) is 19.1. The molecule has 3 heterocycles. The van der Waals surface area contributed by atoms with Gasteiger partial charge < -0.3 is 20.4 Å². The summed E-state index contributed by atoms with van der Waals surface area (Å²) in [6, 6.07) is 11.3. The first-order valence-corrected chi connectivity index (χ1v) is 12.1. The van der Waals surface area contributed by atoms with E-state index in [2.05, 4.69) is 57.7 Å². The van der Waals surface area contributed by atoms with E-state index >= 15 is 0 Å². The molecular formula is C24H32N6S. The Labute approximate surface area is 190 Å². The van der Waals surface area contributed by atoms with Crippen LogP contribution in [0.5, 0.6) is 0 Å². The molecule has 2 N–H and O–H groups in total. The molecule has 31 heavy (non-hydrogen) atoms. The van der Waals surface area contributed by atoms with Gasteiger partial charge in [-0.05, 0) is 54.9 Å². The minimum atomic E-state index is 0.472. The van der Waals surface area contributed by atoms with Crippen LogP contribution in [0.25, 0.3) is 0 Å². The van der Waals surface area contributed by atoms with Crippen LogP contribution in [-0.2, 0) is 13.1 Å². The van der Waals surface area contributed by atoms with Gasteiger partial charge in [0.25, 0.3) is 0 Å². The van der Waals surface area contributed by atoms with Gasteiger partial charge in [-0.25, -0.2) is 0 Å². The first-order chi connectivity index (χ1) is 15.1. The van der Waals surface area contributed by atoms with Crippen molar-refractivity contribution in [1.82, 2.24) is 15.3 Å². The van der Waals surface area contributed by atoms with Crippen molar-refractivity contribution >= 4 is 34.9 Å². The van der Waals surface area contributed by atoms with E-state index in [0.29, 0.717) is 17.1 Å². The molecule has 164 valence electrons. The Kier molecular flexibility index (Phi) is 5.94. The van der Waals surface area contributed by atoms with Crippen LogP contribution in [0.2, 0.25) is 0 Å². The number of hydrogen-bond donors (Lipinski definition) is 2. The third-order valence-corrected chi connectivity index (χ3v) is 7.11. The minimum Gasteiger partial charge on any atom is -0.360 e. The van der Waals surface area contributed by atoms with Crippen molar-refractivity contribution in [2.45, 2.75) is 64.6 Å². The van der Waals surface area contributed by atoms with Crippen LogP contribution in [0.1, 0.15) is 56.6 Å². The zero-order chi connectivity index (χ0) is 21.2. The number of aromatic nitrogens is 2. The van der Waals surface area contributed by atoms with E-state index in [1.54, 1.807) is 0 Å². The Morgan fingerprint density at radius 1 is 0.935 bits per heavy atom. The molecule has 0 atom stereocenters. The lowest BCUT2D eigenvalue weighted by molar-refractivity contribution is 0.436. The van der Waals surface area contributed by atoms with Gasteiger partial charge in [-0.15, -0.1) is 0 Å². The number of fused-ring (bicyclic) bond motifs is 1. The first-order valence-electron chi connectivity index (χ1n) is 11.7. The van der Waals surface area contributed by atoms with Crippen LogP contribution in [-0.4, -0.2) is 34.2 Å². The SMILES string of the molecule is CC1CCN(c2cc(N3Cc4ccccc4C3)nc(NC(=S)NC3CCCC3)n2)CC1. The molecule has 6 nitrogen and oxygen atoms in total. The van der Waals surface area contributed by atoms with Crippen molar-refractivity contribution < 1.29 is 0 Å². The maximum atomic E-state index is 5.59. The number of hydrogen-bond acceptors (Lipinski definition) is 5. The third-order valence-electron chi connectivity index (χ3n) is 6.89. The van der Waals surface area contributed by atoms with Gasteiger partial charge in [-0.2, -0.15) is 9.97 Å². The highest BCUT2D eigenvalue weighted by molar-refractivity contribution is 7.80. The van der Waals surface area contributed by atoms with E-state index in [1.807, 2.05) is 0 Å². The highest BCUT2D eigenvalue weighted by atomic mass is 32.1. The Bertz CT molecular complexity index is 908. The van der Waals surface area contributed by atoms with E-state index in [-0.39, 0.29) is 0 Å². The highest BCUT2D eigenvalue weighted by Crippen LogP contribution is 2.31. The summed E-state index contributed by atoms with van der Waals surface area (Å²) in [7, 11) is 0. The van der Waals surface area contributed by atoms with E-state index < -0.39 is 0 Å². The normalized spacial score (nSPS) is 19.5. The number of rotatable bonds is 4. The minimum absolute atomic E-state index is 0.472. The van der Waals surface area contributed by atoms with Crippen LogP contribution in [0.15, 0.2) is 30.3 Å². The van der Waals surface area contributed by atoms with Gasteiger partial charge in [0.1, 0.15) is 11.6 Å². The molecule has 0 spiro atoms. The Hall–Kier alpha value is -2.41. The van der Waals surface area contributed by atoms with E-state index in [0.717, 1.165) is 43.7 Å². The molecule has 1 aromatic carbocycles. The average Bonchev–Trinajstić information content (AvgIpc) is 3.43.